The third-order valence-electron chi connectivity index (χ3n) is 0.689. The molecule has 52 valence electrons. The normalized spacial score (nSPS) is 11.3. The van der Waals surface area contributed by atoms with E-state index in [2.05, 4.69) is 0 Å². The van der Waals surface area contributed by atoms with E-state index >= 15 is 0 Å². The van der Waals surface area contributed by atoms with Crippen LogP contribution in [0.1, 0.15) is 6.42 Å². The quantitative estimate of drug-likeness (QED) is 0.433. The molecule has 2 N–H and O–H groups in total. The molecule has 0 spiro atoms. The number of carboxylic acid groups (broad SMARTS) is 2. The first-order valence-electron chi connectivity index (χ1n) is 2.20. The zero-order valence-corrected chi connectivity index (χ0v) is 7.41. The van der Waals surface area contributed by atoms with Crippen LogP contribution in [-0.4, -0.2) is 55.7 Å². The van der Waals surface area contributed by atoms with Gasteiger partial charge in [0.2, 0.25) is 0 Å². The Morgan fingerprint density at radius 1 is 1.40 bits per heavy atom. The van der Waals surface area contributed by atoms with Crippen LogP contribution in [0.3, 0.4) is 0 Å². The van der Waals surface area contributed by atoms with Crippen molar-refractivity contribution in [1.82, 2.24) is 0 Å². The minimum Gasteiger partial charge on any atom is -0.550 e. The summed E-state index contributed by atoms with van der Waals surface area (Å²) in [5.74, 6) is -3.08. The molecular weight excluding hydrogens is 166 g/mol. The van der Waals surface area contributed by atoms with Crippen molar-refractivity contribution in [2.45, 2.75) is 12.5 Å². The van der Waals surface area contributed by atoms with Gasteiger partial charge in [-0.1, -0.05) is 0 Å². The monoisotopic (exact) mass is 171 g/mol. The maximum Gasteiger partial charge on any atom is 2.00 e. The second-order valence-electron chi connectivity index (χ2n) is 1.50. The van der Waals surface area contributed by atoms with Crippen molar-refractivity contribution < 1.29 is 19.8 Å². The minimum atomic E-state index is -1.58. The van der Waals surface area contributed by atoms with E-state index in [1.165, 1.54) is 0 Å². The molecule has 0 aromatic rings. The van der Waals surface area contributed by atoms with Gasteiger partial charge in [-0.2, -0.15) is 0 Å². The molecule has 0 fully saturated rings. The van der Waals surface area contributed by atoms with E-state index in [9.17, 15) is 19.8 Å². The number of carboxylic acids is 2. The van der Waals surface area contributed by atoms with Crippen LogP contribution in [0, 0.1) is 0 Å². The maximum absolute atomic E-state index is 9.71. The van der Waals surface area contributed by atoms with Crippen LogP contribution >= 0.6 is 0 Å². The van der Waals surface area contributed by atoms with Crippen molar-refractivity contribution >= 4 is 49.7 Å². The van der Waals surface area contributed by atoms with Gasteiger partial charge in [0, 0.05) is 18.4 Å². The average Bonchev–Trinajstić information content (AvgIpc) is 1.63. The molecule has 0 bridgehead atoms. The van der Waals surface area contributed by atoms with E-state index in [4.69, 9.17) is 5.73 Å². The molecule has 0 aliphatic rings. The summed E-state index contributed by atoms with van der Waals surface area (Å²) in [6.45, 7) is 0. The third-order valence-corrected chi connectivity index (χ3v) is 0.689. The third kappa shape index (κ3) is 6.28. The van der Waals surface area contributed by atoms with Gasteiger partial charge in [0.1, 0.15) is 0 Å². The Bertz CT molecular complexity index is 137. The summed E-state index contributed by atoms with van der Waals surface area (Å²) in [5, 5.41) is 19.3. The zero-order valence-electron chi connectivity index (χ0n) is 5.20. The molecule has 0 aliphatic heterocycles. The Morgan fingerprint density at radius 3 is 1.90 bits per heavy atom. The Balaban J connectivity index is 0. The first-order chi connectivity index (χ1) is 4.04. The van der Waals surface area contributed by atoms with E-state index in [1.807, 2.05) is 0 Å². The fourth-order valence-corrected chi connectivity index (χ4v) is 0.263. The number of carbonyl (C=O) groups is 2. The average molecular weight is 171 g/mol. The molecule has 0 aliphatic carbocycles. The molecular formula is C4H5CaNO4. The van der Waals surface area contributed by atoms with Crippen LogP contribution in [0.25, 0.3) is 0 Å². The van der Waals surface area contributed by atoms with Crippen LogP contribution in [0.5, 0.6) is 0 Å². The van der Waals surface area contributed by atoms with E-state index in [0.29, 0.717) is 0 Å². The molecule has 0 aromatic heterocycles. The van der Waals surface area contributed by atoms with Gasteiger partial charge in [0.05, 0.1) is 5.97 Å². The van der Waals surface area contributed by atoms with Crippen molar-refractivity contribution in [3.63, 3.8) is 0 Å². The standard InChI is InChI=1S/C4H7NO4.Ca/c5-2(4(8)9)1-3(6)7;/h2H,1,5H2,(H,6,7)(H,8,9);/q;+2/p-2. The van der Waals surface area contributed by atoms with Crippen LogP contribution in [0.2, 0.25) is 0 Å². The van der Waals surface area contributed by atoms with Crippen LogP contribution in [0.15, 0.2) is 0 Å². The molecule has 0 saturated heterocycles. The SMILES string of the molecule is NC(CC(=O)[O-])C(=O)[O-].[Ca+2]. The number of nitrogens with two attached hydrogens (primary N) is 1. The zero-order chi connectivity index (χ0) is 7.44. The fourth-order valence-electron chi connectivity index (χ4n) is 0.263. The van der Waals surface area contributed by atoms with Gasteiger partial charge in [-0.15, -0.1) is 0 Å². The summed E-state index contributed by atoms with van der Waals surface area (Å²) in [6.07, 6.45) is -0.706. The molecule has 0 rings (SSSR count). The predicted octanol–water partition coefficient (Wildman–Crippen LogP) is -4.18. The van der Waals surface area contributed by atoms with Crippen LogP contribution in [-0.2, 0) is 9.59 Å². The largest absolute Gasteiger partial charge is 2.00 e. The van der Waals surface area contributed by atoms with Gasteiger partial charge in [-0.05, 0) is 0 Å². The molecule has 0 amide bonds. The second kappa shape index (κ2) is 5.91. The summed E-state index contributed by atoms with van der Waals surface area (Å²) < 4.78 is 0. The van der Waals surface area contributed by atoms with E-state index < -0.39 is 24.4 Å². The van der Waals surface area contributed by atoms with Crippen molar-refractivity contribution in [2.24, 2.45) is 5.73 Å². The van der Waals surface area contributed by atoms with E-state index in [-0.39, 0.29) is 37.7 Å². The maximum atomic E-state index is 9.71. The fraction of sp³-hybridized carbons (Fsp3) is 0.500. The first-order valence-corrected chi connectivity index (χ1v) is 2.20. The first kappa shape index (κ1) is 12.8. The molecule has 10 heavy (non-hydrogen) atoms. The summed E-state index contributed by atoms with van der Waals surface area (Å²) in [7, 11) is 0. The van der Waals surface area contributed by atoms with Gasteiger partial charge < -0.3 is 25.5 Å². The van der Waals surface area contributed by atoms with Crippen molar-refractivity contribution in [2.75, 3.05) is 0 Å². The molecule has 0 saturated carbocycles. The molecule has 6 heteroatoms. The number of hydrogen-bond donors (Lipinski definition) is 1. The Morgan fingerprint density at radius 2 is 1.80 bits per heavy atom. The molecule has 5 nitrogen and oxygen atoms in total. The van der Waals surface area contributed by atoms with Crippen molar-refractivity contribution in [3.05, 3.63) is 0 Å². The molecule has 0 radical (unpaired) electrons. The van der Waals surface area contributed by atoms with E-state index in [0.717, 1.165) is 0 Å². The second-order valence-corrected chi connectivity index (χ2v) is 1.50. The topological polar surface area (TPSA) is 106 Å². The Kier molecular flexibility index (Phi) is 7.56. The predicted molar refractivity (Wildman–Crippen MR) is 28.4 cm³/mol. The molecule has 0 heterocycles. The van der Waals surface area contributed by atoms with Gasteiger partial charge >= 0.3 is 37.7 Å². The van der Waals surface area contributed by atoms with Crippen LogP contribution < -0.4 is 15.9 Å². The smallest absolute Gasteiger partial charge is 0.550 e. The van der Waals surface area contributed by atoms with Gasteiger partial charge in [-0.25, -0.2) is 0 Å². The summed E-state index contributed by atoms with van der Waals surface area (Å²) in [6, 6.07) is -1.46. The van der Waals surface area contributed by atoms with Crippen molar-refractivity contribution in [3.8, 4) is 0 Å². The minimum absolute atomic E-state index is 0. The molecule has 1 unspecified atom stereocenters. The number of hydrogen-bond acceptors (Lipinski definition) is 5. The van der Waals surface area contributed by atoms with Gasteiger partial charge in [-0.3, -0.25) is 0 Å². The van der Waals surface area contributed by atoms with Gasteiger partial charge in [0.15, 0.2) is 0 Å². The molecule has 1 atom stereocenters. The number of rotatable bonds is 3. The van der Waals surface area contributed by atoms with Gasteiger partial charge in [0.25, 0.3) is 0 Å². The summed E-state index contributed by atoms with van der Waals surface area (Å²) in [4.78, 5) is 19.3. The van der Waals surface area contributed by atoms with E-state index in [1.54, 1.807) is 0 Å². The number of carbonyl (C=O) groups excluding carboxylic acids is 2. The summed E-state index contributed by atoms with van der Waals surface area (Å²) >= 11 is 0. The van der Waals surface area contributed by atoms with Crippen molar-refractivity contribution in [1.29, 1.82) is 0 Å². The summed E-state index contributed by atoms with van der Waals surface area (Å²) in [5.41, 5.74) is 4.73. The van der Waals surface area contributed by atoms with Crippen LogP contribution in [0.4, 0.5) is 0 Å². The molecule has 0 aromatic carbocycles. The Labute approximate surface area is 87.2 Å². The Hall–Kier alpha value is 0.160. The number of aliphatic carboxylic acids is 2.